The van der Waals surface area contributed by atoms with Gasteiger partial charge in [-0.3, -0.25) is 9.59 Å². The fourth-order valence-electron chi connectivity index (χ4n) is 3.01. The Labute approximate surface area is 174 Å². The number of aromatic nitrogens is 1. The zero-order chi connectivity index (χ0) is 21.0. The minimum atomic E-state index is -0.837. The summed E-state index contributed by atoms with van der Waals surface area (Å²) < 4.78 is 2.06. The quantitative estimate of drug-likeness (QED) is 0.386. The maximum Gasteiger partial charge on any atom is 0.329 e. The summed E-state index contributed by atoms with van der Waals surface area (Å²) in [5.74, 6) is -1.61. The minimum Gasteiger partial charge on any atom is -0.318 e. The Morgan fingerprint density at radius 3 is 2.38 bits per heavy atom. The van der Waals surface area contributed by atoms with E-state index < -0.39 is 11.8 Å². The van der Waals surface area contributed by atoms with Gasteiger partial charge in [-0.1, -0.05) is 29.8 Å². The lowest BCUT2D eigenvalue weighted by Gasteiger charge is -2.09. The maximum absolute atomic E-state index is 12.0. The van der Waals surface area contributed by atoms with Crippen LogP contribution in [0.2, 0.25) is 5.02 Å². The van der Waals surface area contributed by atoms with Gasteiger partial charge in [0.15, 0.2) is 0 Å². The summed E-state index contributed by atoms with van der Waals surface area (Å²) in [6.07, 6.45) is 1.52. The van der Waals surface area contributed by atoms with E-state index in [0.717, 1.165) is 28.2 Å². The van der Waals surface area contributed by atoms with Crippen molar-refractivity contribution in [2.75, 3.05) is 5.32 Å². The van der Waals surface area contributed by atoms with Crippen molar-refractivity contribution in [1.82, 2.24) is 9.99 Å². The van der Waals surface area contributed by atoms with Crippen molar-refractivity contribution in [1.29, 1.82) is 0 Å². The number of nitrogens with zero attached hydrogens (tertiary/aromatic N) is 2. The zero-order valence-corrected chi connectivity index (χ0v) is 17.1. The van der Waals surface area contributed by atoms with Crippen molar-refractivity contribution in [3.8, 4) is 5.69 Å². The van der Waals surface area contributed by atoms with Gasteiger partial charge in [-0.2, -0.15) is 5.10 Å². The Morgan fingerprint density at radius 2 is 1.69 bits per heavy atom. The van der Waals surface area contributed by atoms with Crippen molar-refractivity contribution >= 4 is 35.3 Å². The lowest BCUT2D eigenvalue weighted by Crippen LogP contribution is -2.32. The monoisotopic (exact) mass is 408 g/mol. The van der Waals surface area contributed by atoms with Crippen LogP contribution in [0.3, 0.4) is 0 Å². The second-order valence-electron chi connectivity index (χ2n) is 6.61. The Bertz CT molecular complexity index is 1080. The molecule has 0 aliphatic carbocycles. The molecule has 0 saturated carbocycles. The molecule has 3 aromatic rings. The van der Waals surface area contributed by atoms with Gasteiger partial charge >= 0.3 is 11.8 Å². The summed E-state index contributed by atoms with van der Waals surface area (Å²) in [5.41, 5.74) is 7.49. The van der Waals surface area contributed by atoms with Crippen LogP contribution in [0, 0.1) is 20.8 Å². The van der Waals surface area contributed by atoms with Crippen LogP contribution in [0.15, 0.2) is 59.7 Å². The highest BCUT2D eigenvalue weighted by molar-refractivity contribution is 6.39. The molecule has 2 aromatic carbocycles. The number of nitrogens with one attached hydrogen (secondary N) is 2. The molecule has 0 atom stereocenters. The normalized spacial score (nSPS) is 10.9. The summed E-state index contributed by atoms with van der Waals surface area (Å²) in [6, 6.07) is 16.7. The first-order valence-electron chi connectivity index (χ1n) is 9.01. The van der Waals surface area contributed by atoms with E-state index in [-0.39, 0.29) is 0 Å². The van der Waals surface area contributed by atoms with Gasteiger partial charge in [-0.15, -0.1) is 0 Å². The standard InChI is InChI=1S/C22H21ClN4O2/c1-14-6-4-5-7-20(14)25-21(28)22(29)26-24-13-17-12-15(2)27(16(17)3)19-10-8-18(23)9-11-19/h4-13H,1-3H3,(H,25,28)(H,26,29)/b24-13-. The lowest BCUT2D eigenvalue weighted by atomic mass is 10.2. The number of hydrogen-bond donors (Lipinski definition) is 2. The van der Waals surface area contributed by atoms with Crippen LogP contribution < -0.4 is 10.7 Å². The van der Waals surface area contributed by atoms with Crippen LogP contribution in [0.1, 0.15) is 22.5 Å². The van der Waals surface area contributed by atoms with Crippen molar-refractivity contribution in [2.45, 2.75) is 20.8 Å². The highest BCUT2D eigenvalue weighted by Gasteiger charge is 2.14. The molecule has 0 spiro atoms. The molecule has 0 saturated heterocycles. The summed E-state index contributed by atoms with van der Waals surface area (Å²) in [5, 5.41) is 7.17. The van der Waals surface area contributed by atoms with Crippen molar-refractivity contribution in [2.24, 2.45) is 5.10 Å². The van der Waals surface area contributed by atoms with E-state index in [9.17, 15) is 9.59 Å². The van der Waals surface area contributed by atoms with E-state index >= 15 is 0 Å². The van der Waals surface area contributed by atoms with Crippen LogP contribution in [0.25, 0.3) is 5.69 Å². The lowest BCUT2D eigenvalue weighted by molar-refractivity contribution is -0.136. The number of amides is 2. The molecule has 0 bridgehead atoms. The number of para-hydroxylation sites is 1. The third kappa shape index (κ3) is 4.73. The first-order chi connectivity index (χ1) is 13.9. The summed E-state index contributed by atoms with van der Waals surface area (Å²) in [6.45, 7) is 5.78. The third-order valence-electron chi connectivity index (χ3n) is 4.52. The summed E-state index contributed by atoms with van der Waals surface area (Å²) in [4.78, 5) is 24.0. The first-order valence-corrected chi connectivity index (χ1v) is 9.39. The number of aryl methyl sites for hydroxylation is 2. The van der Waals surface area contributed by atoms with Gasteiger partial charge in [-0.25, -0.2) is 5.43 Å². The molecule has 0 radical (unpaired) electrons. The molecule has 29 heavy (non-hydrogen) atoms. The zero-order valence-electron chi connectivity index (χ0n) is 16.4. The molecule has 148 valence electrons. The molecule has 1 aromatic heterocycles. The number of hydrazone groups is 1. The maximum atomic E-state index is 12.0. The minimum absolute atomic E-state index is 0.586. The fourth-order valence-corrected chi connectivity index (χ4v) is 3.14. The first kappa shape index (κ1) is 20.4. The number of carbonyl (C=O) groups is 2. The number of hydrogen-bond acceptors (Lipinski definition) is 3. The van der Waals surface area contributed by atoms with Gasteiger partial charge < -0.3 is 9.88 Å². The molecular formula is C22H21ClN4O2. The van der Waals surface area contributed by atoms with Crippen molar-refractivity contribution < 1.29 is 9.59 Å². The van der Waals surface area contributed by atoms with Gasteiger partial charge in [0.05, 0.1) is 6.21 Å². The number of carbonyl (C=O) groups excluding carboxylic acids is 2. The van der Waals surface area contributed by atoms with E-state index in [2.05, 4.69) is 20.4 Å². The van der Waals surface area contributed by atoms with Gasteiger partial charge in [0.2, 0.25) is 0 Å². The molecular weight excluding hydrogens is 388 g/mol. The molecule has 2 amide bonds. The van der Waals surface area contributed by atoms with Crippen LogP contribution in [0.4, 0.5) is 5.69 Å². The third-order valence-corrected chi connectivity index (χ3v) is 4.78. The topological polar surface area (TPSA) is 75.5 Å². The largest absolute Gasteiger partial charge is 0.329 e. The highest BCUT2D eigenvalue weighted by Crippen LogP contribution is 2.21. The smallest absolute Gasteiger partial charge is 0.318 e. The average Bonchev–Trinajstić information content (AvgIpc) is 2.97. The molecule has 0 unspecified atom stereocenters. The van der Waals surface area contributed by atoms with E-state index in [0.29, 0.717) is 10.7 Å². The molecule has 0 fully saturated rings. The SMILES string of the molecule is Cc1ccccc1NC(=O)C(=O)N/N=C\c1cc(C)n(-c2ccc(Cl)cc2)c1C. The Kier molecular flexibility index (Phi) is 6.14. The van der Waals surface area contributed by atoms with Crippen molar-refractivity contribution in [3.05, 3.63) is 82.1 Å². The van der Waals surface area contributed by atoms with Crippen LogP contribution in [-0.2, 0) is 9.59 Å². The van der Waals surface area contributed by atoms with E-state index in [1.807, 2.05) is 63.2 Å². The van der Waals surface area contributed by atoms with Crippen molar-refractivity contribution in [3.63, 3.8) is 0 Å². The van der Waals surface area contributed by atoms with E-state index in [1.165, 1.54) is 6.21 Å². The number of rotatable bonds is 4. The molecule has 2 N–H and O–H groups in total. The van der Waals surface area contributed by atoms with E-state index in [4.69, 9.17) is 11.6 Å². The Morgan fingerprint density at radius 1 is 1.00 bits per heavy atom. The van der Waals surface area contributed by atoms with Crippen LogP contribution in [0.5, 0.6) is 0 Å². The predicted molar refractivity (Wildman–Crippen MR) is 116 cm³/mol. The van der Waals surface area contributed by atoms with Gasteiger partial charge in [-0.05, 0) is 62.7 Å². The van der Waals surface area contributed by atoms with Crippen LogP contribution >= 0.6 is 11.6 Å². The second-order valence-corrected chi connectivity index (χ2v) is 7.04. The van der Waals surface area contributed by atoms with Gasteiger partial charge in [0.25, 0.3) is 0 Å². The Balaban J connectivity index is 1.68. The molecule has 7 heteroatoms. The van der Waals surface area contributed by atoms with Gasteiger partial charge in [0.1, 0.15) is 0 Å². The van der Waals surface area contributed by atoms with Crippen LogP contribution in [-0.4, -0.2) is 22.6 Å². The second kappa shape index (κ2) is 8.75. The Hall–Kier alpha value is -3.38. The number of benzene rings is 2. The van der Waals surface area contributed by atoms with E-state index in [1.54, 1.807) is 12.1 Å². The van der Waals surface area contributed by atoms with Gasteiger partial charge in [0, 0.05) is 33.3 Å². The molecule has 3 rings (SSSR count). The number of halogens is 1. The highest BCUT2D eigenvalue weighted by atomic mass is 35.5. The average molecular weight is 409 g/mol. The molecule has 0 aliphatic rings. The predicted octanol–water partition coefficient (Wildman–Crippen LogP) is 4.14. The fraction of sp³-hybridized carbons (Fsp3) is 0.136. The summed E-state index contributed by atoms with van der Waals surface area (Å²) >= 11 is 5.96. The molecule has 6 nitrogen and oxygen atoms in total. The summed E-state index contributed by atoms with van der Waals surface area (Å²) in [7, 11) is 0. The molecule has 1 heterocycles. The molecule has 0 aliphatic heterocycles. The number of anilines is 1.